The van der Waals surface area contributed by atoms with Crippen LogP contribution in [0.1, 0.15) is 42.9 Å². The number of nitrogens with zero attached hydrogens (tertiary/aromatic N) is 2. The number of hydrogen-bond acceptors (Lipinski definition) is 4. The lowest BCUT2D eigenvalue weighted by Crippen LogP contribution is -2.46. The first-order chi connectivity index (χ1) is 16.4. The second-order valence-corrected chi connectivity index (χ2v) is 9.65. The van der Waals surface area contributed by atoms with Crippen LogP contribution in [0.15, 0.2) is 72.9 Å². The molecule has 6 heteroatoms. The Labute approximate surface area is 196 Å². The highest BCUT2D eigenvalue weighted by Crippen LogP contribution is 2.55. The molecule has 0 spiro atoms. The predicted molar refractivity (Wildman–Crippen MR) is 128 cm³/mol. The first-order valence-corrected chi connectivity index (χ1v) is 11.6. The van der Waals surface area contributed by atoms with Crippen molar-refractivity contribution in [3.63, 3.8) is 0 Å². The van der Waals surface area contributed by atoms with Crippen LogP contribution in [0.25, 0.3) is 33.3 Å². The van der Waals surface area contributed by atoms with E-state index in [9.17, 15) is 13.9 Å². The van der Waals surface area contributed by atoms with E-state index in [4.69, 9.17) is 10.7 Å². The van der Waals surface area contributed by atoms with Crippen molar-refractivity contribution in [2.24, 2.45) is 11.7 Å². The molecular formula is C28H25F2N3O. The molecule has 2 atom stereocenters. The zero-order valence-corrected chi connectivity index (χ0v) is 18.5. The van der Waals surface area contributed by atoms with E-state index in [1.807, 2.05) is 42.5 Å². The molecule has 2 aromatic carbocycles. The van der Waals surface area contributed by atoms with Crippen molar-refractivity contribution in [1.82, 2.24) is 9.97 Å². The highest BCUT2D eigenvalue weighted by atomic mass is 19.3. The predicted octanol–water partition coefficient (Wildman–Crippen LogP) is 5.86. The Hall–Kier alpha value is -3.22. The maximum Gasteiger partial charge on any atom is 0.281 e. The Morgan fingerprint density at radius 1 is 0.971 bits per heavy atom. The molecule has 0 amide bonds. The van der Waals surface area contributed by atoms with Crippen LogP contribution >= 0.6 is 0 Å². The molecule has 34 heavy (non-hydrogen) atoms. The van der Waals surface area contributed by atoms with Crippen LogP contribution in [-0.2, 0) is 0 Å². The minimum atomic E-state index is -2.68. The van der Waals surface area contributed by atoms with Gasteiger partial charge < -0.3 is 10.8 Å². The monoisotopic (exact) mass is 457 g/mol. The van der Waals surface area contributed by atoms with E-state index in [0.29, 0.717) is 16.8 Å². The number of aliphatic hydroxyl groups is 1. The van der Waals surface area contributed by atoms with E-state index in [2.05, 4.69) is 17.1 Å². The molecule has 6 rings (SSSR count). The largest absolute Gasteiger partial charge is 0.389 e. The smallest absolute Gasteiger partial charge is 0.281 e. The standard InChI is InChI=1S/C28H25F2N3O/c29-27(30)26-21-12-20(17-4-2-1-3-5-17)25(33-24(21)10-11-32-26)18-8-6-16(7-9-18)19-14-28(34,15-19)22-13-23(22)31/h1-12,19,22-23,27,34H,13-15,31H2. The van der Waals surface area contributed by atoms with Gasteiger partial charge in [0.15, 0.2) is 0 Å². The number of rotatable bonds is 5. The second-order valence-electron chi connectivity index (χ2n) is 9.65. The number of halogens is 2. The maximum atomic E-state index is 13.6. The van der Waals surface area contributed by atoms with Gasteiger partial charge in [-0.3, -0.25) is 4.98 Å². The summed E-state index contributed by atoms with van der Waals surface area (Å²) in [5, 5.41) is 11.1. The maximum absolute atomic E-state index is 13.6. The number of nitrogens with two attached hydrogens (primary N) is 1. The van der Waals surface area contributed by atoms with Crippen LogP contribution in [0.2, 0.25) is 0 Å². The molecule has 0 radical (unpaired) electrons. The summed E-state index contributed by atoms with van der Waals surface area (Å²) < 4.78 is 27.3. The van der Waals surface area contributed by atoms with Gasteiger partial charge in [0, 0.05) is 34.7 Å². The van der Waals surface area contributed by atoms with Crippen molar-refractivity contribution < 1.29 is 13.9 Å². The van der Waals surface area contributed by atoms with Gasteiger partial charge in [0.1, 0.15) is 5.69 Å². The van der Waals surface area contributed by atoms with Crippen LogP contribution in [-0.4, -0.2) is 26.7 Å². The second kappa shape index (κ2) is 7.93. The Kier molecular flexibility index (Phi) is 4.97. The Bertz CT molecular complexity index is 1350. The van der Waals surface area contributed by atoms with Gasteiger partial charge in [0.25, 0.3) is 6.43 Å². The topological polar surface area (TPSA) is 72.0 Å². The van der Waals surface area contributed by atoms with Crippen molar-refractivity contribution in [1.29, 1.82) is 0 Å². The van der Waals surface area contributed by atoms with Crippen LogP contribution in [0.4, 0.5) is 8.78 Å². The van der Waals surface area contributed by atoms with E-state index in [1.54, 1.807) is 12.1 Å². The van der Waals surface area contributed by atoms with E-state index in [-0.39, 0.29) is 17.7 Å². The molecule has 4 aromatic rings. The van der Waals surface area contributed by atoms with Gasteiger partial charge in [-0.05, 0) is 48.4 Å². The normalized spacial score (nSPS) is 26.0. The van der Waals surface area contributed by atoms with Crippen molar-refractivity contribution in [3.8, 4) is 22.4 Å². The molecule has 2 fully saturated rings. The molecule has 172 valence electrons. The Balaban J connectivity index is 1.38. The van der Waals surface area contributed by atoms with Gasteiger partial charge in [0.2, 0.25) is 0 Å². The van der Waals surface area contributed by atoms with E-state index >= 15 is 0 Å². The Morgan fingerprint density at radius 3 is 2.32 bits per heavy atom. The van der Waals surface area contributed by atoms with Crippen LogP contribution < -0.4 is 5.73 Å². The third kappa shape index (κ3) is 3.58. The zero-order valence-electron chi connectivity index (χ0n) is 18.5. The molecule has 0 saturated heterocycles. The van der Waals surface area contributed by atoms with Gasteiger partial charge in [0.05, 0.1) is 16.8 Å². The summed E-state index contributed by atoms with van der Waals surface area (Å²) >= 11 is 0. The summed E-state index contributed by atoms with van der Waals surface area (Å²) in [6.45, 7) is 0. The lowest BCUT2D eigenvalue weighted by molar-refractivity contribution is -0.0691. The average Bonchev–Trinajstić information content (AvgIpc) is 3.58. The third-order valence-corrected chi connectivity index (χ3v) is 7.45. The van der Waals surface area contributed by atoms with Gasteiger partial charge in [-0.1, -0.05) is 54.6 Å². The first kappa shape index (κ1) is 21.3. The number of aromatic nitrogens is 2. The molecule has 2 aromatic heterocycles. The number of benzene rings is 2. The molecule has 3 N–H and O–H groups in total. The number of pyridine rings is 2. The molecule has 2 aliphatic rings. The van der Waals surface area contributed by atoms with E-state index in [0.717, 1.165) is 41.6 Å². The average molecular weight is 458 g/mol. The van der Waals surface area contributed by atoms with Gasteiger partial charge >= 0.3 is 0 Å². The lowest BCUT2D eigenvalue weighted by atomic mass is 9.65. The van der Waals surface area contributed by atoms with Crippen molar-refractivity contribution >= 4 is 10.9 Å². The molecule has 0 aliphatic heterocycles. The van der Waals surface area contributed by atoms with Crippen molar-refractivity contribution in [3.05, 3.63) is 84.2 Å². The fourth-order valence-corrected chi connectivity index (χ4v) is 5.43. The van der Waals surface area contributed by atoms with Crippen LogP contribution in [0.5, 0.6) is 0 Å². The van der Waals surface area contributed by atoms with Crippen LogP contribution in [0.3, 0.4) is 0 Å². The minimum absolute atomic E-state index is 0.143. The van der Waals surface area contributed by atoms with E-state index in [1.165, 1.54) is 11.8 Å². The summed E-state index contributed by atoms with van der Waals surface area (Å²) in [7, 11) is 0. The minimum Gasteiger partial charge on any atom is -0.389 e. The highest BCUT2D eigenvalue weighted by molar-refractivity contribution is 5.92. The SMILES string of the molecule is NC1CC1C1(O)CC(c2ccc(-c3nc4ccnc(C(F)F)c4cc3-c3ccccc3)cc2)C1. The molecule has 2 unspecified atom stereocenters. The fraction of sp³-hybridized carbons (Fsp3) is 0.286. The molecular weight excluding hydrogens is 432 g/mol. The van der Waals surface area contributed by atoms with Gasteiger partial charge in [-0.2, -0.15) is 0 Å². The van der Waals surface area contributed by atoms with Gasteiger partial charge in [-0.25, -0.2) is 13.8 Å². The summed E-state index contributed by atoms with van der Waals surface area (Å²) in [6.07, 6.45) is 1.12. The third-order valence-electron chi connectivity index (χ3n) is 7.45. The van der Waals surface area contributed by atoms with Crippen molar-refractivity contribution in [2.45, 2.75) is 43.2 Å². The molecule has 2 heterocycles. The molecule has 2 saturated carbocycles. The zero-order chi connectivity index (χ0) is 23.4. The molecule has 4 nitrogen and oxygen atoms in total. The molecule has 0 bridgehead atoms. The number of alkyl halides is 2. The summed E-state index contributed by atoms with van der Waals surface area (Å²) in [5.74, 6) is 0.565. The summed E-state index contributed by atoms with van der Waals surface area (Å²) in [6, 6.07) is 21.5. The van der Waals surface area contributed by atoms with Crippen molar-refractivity contribution in [2.75, 3.05) is 0 Å². The quantitative estimate of drug-likeness (QED) is 0.394. The van der Waals surface area contributed by atoms with E-state index < -0.39 is 12.0 Å². The first-order valence-electron chi connectivity index (χ1n) is 11.6. The fourth-order valence-electron chi connectivity index (χ4n) is 5.43. The lowest BCUT2D eigenvalue weighted by Gasteiger charge is -2.44. The summed E-state index contributed by atoms with van der Waals surface area (Å²) in [5.41, 5.74) is 10.1. The summed E-state index contributed by atoms with van der Waals surface area (Å²) in [4.78, 5) is 8.71. The van der Waals surface area contributed by atoms with Crippen LogP contribution in [0, 0.1) is 5.92 Å². The molecule has 2 aliphatic carbocycles. The number of hydrogen-bond donors (Lipinski definition) is 2. The number of fused-ring (bicyclic) bond motifs is 1. The highest BCUT2D eigenvalue weighted by Gasteiger charge is 2.56. The Morgan fingerprint density at radius 2 is 1.68 bits per heavy atom. The van der Waals surface area contributed by atoms with Gasteiger partial charge in [-0.15, -0.1) is 0 Å².